The molecule has 0 fully saturated rings. The van der Waals surface area contributed by atoms with Crippen molar-refractivity contribution in [2.75, 3.05) is 0 Å². The second-order valence-corrected chi connectivity index (χ2v) is 6.85. The minimum Gasteiger partial charge on any atom is -0.333 e. The van der Waals surface area contributed by atoms with Crippen LogP contribution in [0, 0.1) is 5.82 Å². The van der Waals surface area contributed by atoms with Crippen molar-refractivity contribution in [3.05, 3.63) is 77.3 Å². The molecule has 0 aliphatic heterocycles. The lowest BCUT2D eigenvalue weighted by atomic mass is 10.2. The average molecular weight is 370 g/mol. The summed E-state index contributed by atoms with van der Waals surface area (Å²) in [6.45, 7) is 0. The molecule has 6 heteroatoms. The zero-order valence-corrected chi connectivity index (χ0v) is 14.6. The first-order valence-electron chi connectivity index (χ1n) is 7.67. The Morgan fingerprint density at radius 3 is 2.72 bits per heavy atom. The highest BCUT2D eigenvalue weighted by atomic mass is 35.5. The maximum atomic E-state index is 13.0. The molecule has 4 aromatic rings. The van der Waals surface area contributed by atoms with Gasteiger partial charge in [-0.15, -0.1) is 0 Å². The summed E-state index contributed by atoms with van der Waals surface area (Å²) in [7, 11) is 0. The van der Waals surface area contributed by atoms with E-state index in [2.05, 4.69) is 21.0 Å². The van der Waals surface area contributed by atoms with Crippen molar-refractivity contribution in [2.45, 2.75) is 10.9 Å². The molecule has 0 aliphatic carbocycles. The van der Waals surface area contributed by atoms with E-state index in [1.807, 2.05) is 24.3 Å². The Morgan fingerprint density at radius 1 is 1.08 bits per heavy atom. The average Bonchev–Trinajstić information content (AvgIpc) is 3.09. The van der Waals surface area contributed by atoms with Crippen molar-refractivity contribution in [2.24, 2.45) is 0 Å². The van der Waals surface area contributed by atoms with Crippen molar-refractivity contribution in [3.8, 4) is 11.3 Å². The van der Waals surface area contributed by atoms with Gasteiger partial charge in [-0.1, -0.05) is 41.6 Å². The van der Waals surface area contributed by atoms with Crippen LogP contribution in [0.5, 0.6) is 0 Å². The highest BCUT2D eigenvalue weighted by Crippen LogP contribution is 2.28. The molecule has 124 valence electrons. The molecule has 0 bridgehead atoms. The fourth-order valence-electron chi connectivity index (χ4n) is 2.54. The molecule has 0 radical (unpaired) electrons. The predicted molar refractivity (Wildman–Crippen MR) is 100 cm³/mol. The predicted octanol–water partition coefficient (Wildman–Crippen LogP) is 5.71. The summed E-state index contributed by atoms with van der Waals surface area (Å²) >= 11 is 7.84. The monoisotopic (exact) mass is 369 g/mol. The Morgan fingerprint density at radius 2 is 1.88 bits per heavy atom. The van der Waals surface area contributed by atoms with Crippen LogP contribution in [0.2, 0.25) is 5.15 Å². The van der Waals surface area contributed by atoms with Gasteiger partial charge in [-0.05, 0) is 42.0 Å². The molecular weight excluding hydrogens is 357 g/mol. The Balaban J connectivity index is 1.52. The van der Waals surface area contributed by atoms with E-state index in [1.165, 1.54) is 12.1 Å². The van der Waals surface area contributed by atoms with Crippen molar-refractivity contribution < 1.29 is 4.39 Å². The molecule has 0 spiro atoms. The number of fused-ring (bicyclic) bond motifs is 1. The Labute approximate surface area is 153 Å². The first kappa shape index (κ1) is 16.1. The normalized spacial score (nSPS) is 11.1. The van der Waals surface area contributed by atoms with Gasteiger partial charge < -0.3 is 4.98 Å². The Bertz CT molecular complexity index is 1030. The smallest absolute Gasteiger partial charge is 0.166 e. The number of nitrogens with zero attached hydrogens (tertiary/aromatic N) is 2. The van der Waals surface area contributed by atoms with Gasteiger partial charge in [-0.3, -0.25) is 0 Å². The molecule has 1 N–H and O–H groups in total. The van der Waals surface area contributed by atoms with E-state index < -0.39 is 0 Å². The molecule has 25 heavy (non-hydrogen) atoms. The molecule has 0 saturated carbocycles. The van der Waals surface area contributed by atoms with E-state index >= 15 is 0 Å². The highest BCUT2D eigenvalue weighted by Gasteiger charge is 2.08. The van der Waals surface area contributed by atoms with Crippen LogP contribution >= 0.6 is 23.4 Å². The summed E-state index contributed by atoms with van der Waals surface area (Å²) in [5.41, 5.74) is 3.60. The van der Waals surface area contributed by atoms with E-state index in [-0.39, 0.29) is 5.82 Å². The van der Waals surface area contributed by atoms with Crippen molar-refractivity contribution in [1.82, 2.24) is 15.0 Å². The van der Waals surface area contributed by atoms with Crippen LogP contribution in [0.3, 0.4) is 0 Å². The molecule has 0 amide bonds. The fraction of sp³-hybridized carbons (Fsp3) is 0.0526. The third-order valence-electron chi connectivity index (χ3n) is 3.82. The number of pyridine rings is 1. The van der Waals surface area contributed by atoms with Crippen LogP contribution in [-0.2, 0) is 5.75 Å². The summed E-state index contributed by atoms with van der Waals surface area (Å²) < 4.78 is 13.0. The number of H-pyrrole nitrogens is 1. The number of thioether (sulfide) groups is 1. The van der Waals surface area contributed by atoms with E-state index in [9.17, 15) is 4.39 Å². The molecule has 0 aliphatic rings. The quantitative estimate of drug-likeness (QED) is 0.370. The minimum atomic E-state index is -0.253. The van der Waals surface area contributed by atoms with E-state index in [0.717, 1.165) is 32.9 Å². The number of benzene rings is 2. The zero-order chi connectivity index (χ0) is 17.2. The van der Waals surface area contributed by atoms with Gasteiger partial charge in [0.2, 0.25) is 0 Å². The largest absolute Gasteiger partial charge is 0.333 e. The van der Waals surface area contributed by atoms with Gasteiger partial charge >= 0.3 is 0 Å². The van der Waals surface area contributed by atoms with Crippen molar-refractivity contribution in [3.63, 3.8) is 0 Å². The number of aromatic amines is 1. The number of nitrogens with one attached hydrogen (secondary N) is 1. The number of hydrogen-bond donors (Lipinski definition) is 1. The van der Waals surface area contributed by atoms with Gasteiger partial charge in [0.05, 0.1) is 17.4 Å². The second kappa shape index (κ2) is 6.86. The van der Waals surface area contributed by atoms with Gasteiger partial charge in [0, 0.05) is 16.7 Å². The second-order valence-electron chi connectivity index (χ2n) is 5.53. The van der Waals surface area contributed by atoms with Crippen molar-refractivity contribution >= 4 is 34.3 Å². The number of imidazole rings is 1. The van der Waals surface area contributed by atoms with E-state index in [4.69, 9.17) is 11.6 Å². The van der Waals surface area contributed by atoms with Crippen LogP contribution in [0.25, 0.3) is 22.2 Å². The van der Waals surface area contributed by atoms with Crippen LogP contribution < -0.4 is 0 Å². The lowest BCUT2D eigenvalue weighted by Gasteiger charge is -2.05. The lowest BCUT2D eigenvalue weighted by Crippen LogP contribution is -1.89. The van der Waals surface area contributed by atoms with Crippen LogP contribution in [-0.4, -0.2) is 15.0 Å². The van der Waals surface area contributed by atoms with Gasteiger partial charge in [0.15, 0.2) is 5.16 Å². The molecule has 2 aromatic carbocycles. The molecule has 0 atom stereocenters. The summed E-state index contributed by atoms with van der Waals surface area (Å²) in [5, 5.41) is 2.36. The third kappa shape index (κ3) is 3.52. The summed E-state index contributed by atoms with van der Waals surface area (Å²) in [6, 6.07) is 16.3. The van der Waals surface area contributed by atoms with Crippen LogP contribution in [0.1, 0.15) is 5.56 Å². The number of halogens is 2. The van der Waals surface area contributed by atoms with Gasteiger partial charge in [-0.2, -0.15) is 0 Å². The van der Waals surface area contributed by atoms with Gasteiger partial charge in [0.1, 0.15) is 11.0 Å². The summed E-state index contributed by atoms with van der Waals surface area (Å²) in [4.78, 5) is 12.0. The Hall–Kier alpha value is -2.37. The molecule has 0 unspecified atom stereocenters. The standard InChI is InChI=1S/C19H13ClFN3S/c20-18-14(9-13-3-1-2-4-16(13)23-18)11-25-19-22-10-17(24-19)12-5-7-15(21)8-6-12/h1-10H,11H2,(H,22,24). The van der Waals surface area contributed by atoms with E-state index in [1.54, 1.807) is 30.1 Å². The minimum absolute atomic E-state index is 0.253. The number of rotatable bonds is 4. The summed E-state index contributed by atoms with van der Waals surface area (Å²) in [6.07, 6.45) is 1.75. The molecular formula is C19H13ClFN3S. The Kier molecular flexibility index (Phi) is 4.42. The van der Waals surface area contributed by atoms with Crippen LogP contribution in [0.15, 0.2) is 66.0 Å². The van der Waals surface area contributed by atoms with Crippen molar-refractivity contribution in [1.29, 1.82) is 0 Å². The third-order valence-corrected chi connectivity index (χ3v) is 5.09. The molecule has 2 heterocycles. The lowest BCUT2D eigenvalue weighted by molar-refractivity contribution is 0.628. The highest BCUT2D eigenvalue weighted by molar-refractivity contribution is 7.98. The number of aromatic nitrogens is 3. The molecule has 2 aromatic heterocycles. The van der Waals surface area contributed by atoms with Crippen LogP contribution in [0.4, 0.5) is 4.39 Å². The maximum absolute atomic E-state index is 13.0. The van der Waals surface area contributed by atoms with E-state index in [0.29, 0.717) is 10.9 Å². The van der Waals surface area contributed by atoms with Gasteiger partial charge in [0.25, 0.3) is 0 Å². The first-order chi connectivity index (χ1) is 12.2. The molecule has 0 saturated heterocycles. The topological polar surface area (TPSA) is 41.6 Å². The number of hydrogen-bond acceptors (Lipinski definition) is 3. The SMILES string of the molecule is Fc1ccc(-c2cnc(SCc3cc4ccccc4nc3Cl)[nH]2)cc1. The molecule has 3 nitrogen and oxygen atoms in total. The number of para-hydroxylation sites is 1. The first-order valence-corrected chi connectivity index (χ1v) is 9.03. The summed E-state index contributed by atoms with van der Waals surface area (Å²) in [5.74, 6) is 0.406. The fourth-order valence-corrected chi connectivity index (χ4v) is 3.65. The zero-order valence-electron chi connectivity index (χ0n) is 13.0. The van der Waals surface area contributed by atoms with Gasteiger partial charge in [-0.25, -0.2) is 14.4 Å². The molecule has 4 rings (SSSR count). The maximum Gasteiger partial charge on any atom is 0.166 e.